The molecule has 0 fully saturated rings. The predicted octanol–water partition coefficient (Wildman–Crippen LogP) is 3.07. The highest BCUT2D eigenvalue weighted by molar-refractivity contribution is 9.10. The second-order valence-corrected chi connectivity index (χ2v) is 8.12. The Kier molecular flexibility index (Phi) is 6.21. The lowest BCUT2D eigenvalue weighted by Crippen LogP contribution is -2.41. The highest BCUT2D eigenvalue weighted by atomic mass is 79.9. The fraction of sp³-hybridized carbons (Fsp3) is 0.235. The van der Waals surface area contributed by atoms with E-state index in [4.69, 9.17) is 4.74 Å². The molecule has 0 aromatic heterocycles. The van der Waals surface area contributed by atoms with E-state index >= 15 is 0 Å². The SMILES string of the molecule is COc1ccc(C)cc1NC(=O)C(C)NS(=O)(=O)c1ccc(Br)cc1. The first-order valence-electron chi connectivity index (χ1n) is 7.46. The van der Waals surface area contributed by atoms with Crippen molar-refractivity contribution in [3.05, 3.63) is 52.5 Å². The van der Waals surface area contributed by atoms with Crippen LogP contribution in [0.4, 0.5) is 5.69 Å². The van der Waals surface area contributed by atoms with Crippen molar-refractivity contribution in [3.8, 4) is 5.75 Å². The van der Waals surface area contributed by atoms with Crippen molar-refractivity contribution in [1.29, 1.82) is 0 Å². The first-order chi connectivity index (χ1) is 11.7. The minimum atomic E-state index is -3.80. The summed E-state index contributed by atoms with van der Waals surface area (Å²) in [6.07, 6.45) is 0. The van der Waals surface area contributed by atoms with E-state index in [0.717, 1.165) is 10.0 Å². The third-order valence-electron chi connectivity index (χ3n) is 3.46. The van der Waals surface area contributed by atoms with E-state index in [1.54, 1.807) is 24.3 Å². The number of anilines is 1. The number of methoxy groups -OCH3 is 1. The van der Waals surface area contributed by atoms with Gasteiger partial charge in [-0.25, -0.2) is 8.42 Å². The van der Waals surface area contributed by atoms with Crippen molar-refractivity contribution in [3.63, 3.8) is 0 Å². The van der Waals surface area contributed by atoms with E-state index in [0.29, 0.717) is 11.4 Å². The predicted molar refractivity (Wildman–Crippen MR) is 100 cm³/mol. The Balaban J connectivity index is 2.12. The van der Waals surface area contributed by atoms with Gasteiger partial charge in [-0.3, -0.25) is 4.79 Å². The van der Waals surface area contributed by atoms with Gasteiger partial charge in [-0.2, -0.15) is 4.72 Å². The normalized spacial score (nSPS) is 12.5. The minimum Gasteiger partial charge on any atom is -0.495 e. The number of carbonyl (C=O) groups excluding carboxylic acids is 1. The highest BCUT2D eigenvalue weighted by Crippen LogP contribution is 2.25. The van der Waals surface area contributed by atoms with E-state index in [-0.39, 0.29) is 4.90 Å². The highest BCUT2D eigenvalue weighted by Gasteiger charge is 2.22. The maximum Gasteiger partial charge on any atom is 0.242 e. The molecule has 0 heterocycles. The van der Waals surface area contributed by atoms with Crippen LogP contribution in [-0.2, 0) is 14.8 Å². The smallest absolute Gasteiger partial charge is 0.242 e. The van der Waals surface area contributed by atoms with Gasteiger partial charge in [0, 0.05) is 4.47 Å². The maximum atomic E-state index is 12.4. The molecule has 0 aliphatic carbocycles. The Morgan fingerprint density at radius 2 is 1.80 bits per heavy atom. The van der Waals surface area contributed by atoms with Crippen LogP contribution in [0.25, 0.3) is 0 Å². The van der Waals surface area contributed by atoms with Crippen LogP contribution < -0.4 is 14.8 Å². The number of sulfonamides is 1. The lowest BCUT2D eigenvalue weighted by Gasteiger charge is -2.16. The summed E-state index contributed by atoms with van der Waals surface area (Å²) >= 11 is 3.25. The zero-order valence-corrected chi connectivity index (χ0v) is 16.4. The molecule has 0 spiro atoms. The number of carbonyl (C=O) groups is 1. The Morgan fingerprint density at radius 3 is 2.40 bits per heavy atom. The molecule has 1 amide bonds. The number of nitrogens with one attached hydrogen (secondary N) is 2. The van der Waals surface area contributed by atoms with E-state index in [2.05, 4.69) is 26.0 Å². The standard InChI is InChI=1S/C17H19BrN2O4S/c1-11-4-9-16(24-3)15(10-11)19-17(21)12(2)20-25(22,23)14-7-5-13(18)6-8-14/h4-10,12,20H,1-3H3,(H,19,21). The van der Waals surface area contributed by atoms with E-state index in [1.807, 2.05) is 13.0 Å². The van der Waals surface area contributed by atoms with Crippen LogP contribution in [0.3, 0.4) is 0 Å². The van der Waals surface area contributed by atoms with Gasteiger partial charge in [0.1, 0.15) is 5.75 Å². The minimum absolute atomic E-state index is 0.0866. The second kappa shape index (κ2) is 7.99. The molecule has 25 heavy (non-hydrogen) atoms. The Morgan fingerprint density at radius 1 is 1.16 bits per heavy atom. The van der Waals surface area contributed by atoms with Crippen LogP contribution >= 0.6 is 15.9 Å². The summed E-state index contributed by atoms with van der Waals surface area (Å²) in [6.45, 7) is 3.36. The molecule has 1 atom stereocenters. The van der Waals surface area contributed by atoms with Crippen molar-refractivity contribution >= 4 is 37.5 Å². The molecule has 0 saturated heterocycles. The molecule has 0 bridgehead atoms. The molecule has 2 aromatic carbocycles. The van der Waals surface area contributed by atoms with Gasteiger partial charge in [0.25, 0.3) is 0 Å². The van der Waals surface area contributed by atoms with Gasteiger partial charge in [0.2, 0.25) is 15.9 Å². The lowest BCUT2D eigenvalue weighted by atomic mass is 10.2. The van der Waals surface area contributed by atoms with Crippen molar-refractivity contribution in [2.45, 2.75) is 24.8 Å². The summed E-state index contributed by atoms with van der Waals surface area (Å²) in [7, 11) is -2.30. The maximum absolute atomic E-state index is 12.4. The third-order valence-corrected chi connectivity index (χ3v) is 5.55. The molecule has 2 rings (SSSR count). The number of hydrogen-bond donors (Lipinski definition) is 2. The van der Waals surface area contributed by atoms with Crippen molar-refractivity contribution in [1.82, 2.24) is 4.72 Å². The van der Waals surface area contributed by atoms with Gasteiger partial charge in [-0.15, -0.1) is 0 Å². The molecular formula is C17H19BrN2O4S. The molecule has 8 heteroatoms. The van der Waals surface area contributed by atoms with Gasteiger partial charge >= 0.3 is 0 Å². The second-order valence-electron chi connectivity index (χ2n) is 5.49. The quantitative estimate of drug-likeness (QED) is 0.742. The van der Waals surface area contributed by atoms with Crippen molar-refractivity contribution < 1.29 is 17.9 Å². The Hall–Kier alpha value is -1.90. The molecule has 0 saturated carbocycles. The molecule has 1 unspecified atom stereocenters. The third kappa shape index (κ3) is 5.04. The first kappa shape index (κ1) is 19.4. The van der Waals surface area contributed by atoms with E-state index < -0.39 is 22.0 Å². The molecule has 2 N–H and O–H groups in total. The first-order valence-corrected chi connectivity index (χ1v) is 9.74. The number of aryl methyl sites for hydroxylation is 1. The van der Waals surface area contributed by atoms with Crippen LogP contribution in [-0.4, -0.2) is 27.5 Å². The van der Waals surface area contributed by atoms with Gasteiger partial charge < -0.3 is 10.1 Å². The molecule has 6 nitrogen and oxygen atoms in total. The Labute approximate surface area is 155 Å². The summed E-state index contributed by atoms with van der Waals surface area (Å²) in [6, 6.07) is 10.6. The molecular weight excluding hydrogens is 408 g/mol. The number of amides is 1. The fourth-order valence-corrected chi connectivity index (χ4v) is 3.60. The zero-order chi connectivity index (χ0) is 18.6. The van der Waals surface area contributed by atoms with Crippen LogP contribution in [0.1, 0.15) is 12.5 Å². The van der Waals surface area contributed by atoms with E-state index in [9.17, 15) is 13.2 Å². The number of halogens is 1. The van der Waals surface area contributed by atoms with Gasteiger partial charge in [0.15, 0.2) is 0 Å². The number of ether oxygens (including phenoxy) is 1. The average Bonchev–Trinajstić information content (AvgIpc) is 2.55. The average molecular weight is 427 g/mol. The molecule has 0 radical (unpaired) electrons. The molecule has 0 aliphatic heterocycles. The van der Waals surface area contributed by atoms with E-state index in [1.165, 1.54) is 26.2 Å². The topological polar surface area (TPSA) is 84.5 Å². The lowest BCUT2D eigenvalue weighted by molar-refractivity contribution is -0.117. The molecule has 0 aliphatic rings. The number of rotatable bonds is 6. The Bertz CT molecular complexity index is 867. The summed E-state index contributed by atoms with van der Waals surface area (Å²) in [4.78, 5) is 12.4. The summed E-state index contributed by atoms with van der Waals surface area (Å²) < 4.78 is 33.1. The number of benzene rings is 2. The molecule has 134 valence electrons. The van der Waals surface area contributed by atoms with Crippen molar-refractivity contribution in [2.24, 2.45) is 0 Å². The van der Waals surface area contributed by atoms with Crippen LogP contribution in [0.2, 0.25) is 0 Å². The van der Waals surface area contributed by atoms with Gasteiger partial charge in [-0.05, 0) is 55.8 Å². The van der Waals surface area contributed by atoms with Gasteiger partial charge in [0.05, 0.1) is 23.7 Å². The fourth-order valence-electron chi connectivity index (χ4n) is 2.13. The summed E-state index contributed by atoms with van der Waals surface area (Å²) in [5.41, 5.74) is 1.43. The number of hydrogen-bond acceptors (Lipinski definition) is 4. The van der Waals surface area contributed by atoms with Crippen LogP contribution in [0.5, 0.6) is 5.75 Å². The summed E-state index contributed by atoms with van der Waals surface area (Å²) in [5, 5.41) is 2.69. The van der Waals surface area contributed by atoms with Gasteiger partial charge in [-0.1, -0.05) is 22.0 Å². The summed E-state index contributed by atoms with van der Waals surface area (Å²) in [5.74, 6) is 0.0199. The van der Waals surface area contributed by atoms with Crippen LogP contribution in [0, 0.1) is 6.92 Å². The largest absolute Gasteiger partial charge is 0.495 e. The molecule has 2 aromatic rings. The zero-order valence-electron chi connectivity index (χ0n) is 14.0. The monoisotopic (exact) mass is 426 g/mol. The van der Waals surface area contributed by atoms with Crippen molar-refractivity contribution in [2.75, 3.05) is 12.4 Å². The van der Waals surface area contributed by atoms with Crippen LogP contribution in [0.15, 0.2) is 51.8 Å².